The van der Waals surface area contributed by atoms with E-state index in [0.717, 1.165) is 0 Å². The van der Waals surface area contributed by atoms with Gasteiger partial charge in [0.05, 0.1) is 35.6 Å². The molecular formula is C42H26O. The third-order valence-corrected chi connectivity index (χ3v) is 6.94. The van der Waals surface area contributed by atoms with Crippen molar-refractivity contribution in [3.63, 3.8) is 0 Å². The number of para-hydroxylation sites is 2. The van der Waals surface area contributed by atoms with E-state index in [9.17, 15) is 13.7 Å². The van der Waals surface area contributed by atoms with E-state index < -0.39 is 239 Å². The lowest BCUT2D eigenvalue weighted by Gasteiger charge is -2.18. The zero-order chi connectivity index (χ0) is 51.0. The van der Waals surface area contributed by atoms with Gasteiger partial charge in [-0.15, -0.1) is 0 Å². The van der Waals surface area contributed by atoms with Gasteiger partial charge in [0.2, 0.25) is 0 Å². The van der Waals surface area contributed by atoms with Crippen molar-refractivity contribution in [2.45, 2.75) is 0 Å². The molecule has 43 heavy (non-hydrogen) atoms. The highest BCUT2D eigenvalue weighted by Gasteiger charge is 2.17. The number of fused-ring (bicyclic) bond motifs is 6. The zero-order valence-electron chi connectivity index (χ0n) is 47.4. The van der Waals surface area contributed by atoms with Gasteiger partial charge in [0, 0.05) is 16.3 Å². The quantitative estimate of drug-likeness (QED) is 0.192. The summed E-state index contributed by atoms with van der Waals surface area (Å²) in [7, 11) is 0. The monoisotopic (exact) mass is 572 g/mol. The Balaban J connectivity index is 1.52. The second kappa shape index (κ2) is 9.44. The highest BCUT2D eigenvalue weighted by molar-refractivity contribution is 6.21. The molecule has 200 valence electrons. The van der Waals surface area contributed by atoms with Crippen LogP contribution in [0.25, 0.3) is 87.6 Å². The summed E-state index contributed by atoms with van der Waals surface area (Å²) in [6.07, 6.45) is 0. The topological polar surface area (TPSA) is 13.1 Å². The molecule has 9 aromatic rings. The lowest BCUT2D eigenvalue weighted by atomic mass is 9.85. The fourth-order valence-corrected chi connectivity index (χ4v) is 5.13. The maximum absolute atomic E-state index is 9.68. The van der Waals surface area contributed by atoms with E-state index in [4.69, 9.17) is 26.3 Å². The molecule has 0 bridgehead atoms. The van der Waals surface area contributed by atoms with Crippen LogP contribution in [-0.4, -0.2) is 0 Å². The van der Waals surface area contributed by atoms with Crippen molar-refractivity contribution in [3.8, 4) is 33.4 Å². The first-order valence-electron chi connectivity index (χ1n) is 25.7. The SMILES string of the molecule is [2H]c1c([2H])c([2H])c(-c2c3c([2H])c([2H])c([2H])c([2H])c3c(-c3c([2H])c([2H])c4c([2H])c(-c5c([2H])c([2H])c([2H])c6c5oc5c([2H])c([2H])c([2H])c([2H])c56)c([2H])c([2H])c4c3[2H])c3c([2H])c([2H])c([2H])c([2H])c23)c([2H])c1[2H]. The van der Waals surface area contributed by atoms with Gasteiger partial charge in [-0.05, 0) is 78.3 Å². The smallest absolute Gasteiger partial charge is 0.143 e. The molecule has 0 fully saturated rings. The number of benzene rings is 8. The Bertz CT molecular complexity index is 3860. The zero-order valence-corrected chi connectivity index (χ0v) is 21.4. The lowest BCUT2D eigenvalue weighted by molar-refractivity contribution is 0.670. The second-order valence-electron chi connectivity index (χ2n) is 9.26. The van der Waals surface area contributed by atoms with Crippen LogP contribution in [0.2, 0.25) is 0 Å². The van der Waals surface area contributed by atoms with Crippen molar-refractivity contribution in [3.05, 3.63) is 157 Å². The van der Waals surface area contributed by atoms with Crippen LogP contribution in [0.3, 0.4) is 0 Å². The molecule has 1 aromatic heterocycles. The van der Waals surface area contributed by atoms with E-state index in [1.807, 2.05) is 0 Å². The van der Waals surface area contributed by atoms with Gasteiger partial charge in [0.1, 0.15) is 11.2 Å². The molecule has 8 aromatic carbocycles. The molecule has 1 heterocycles. The van der Waals surface area contributed by atoms with Gasteiger partial charge in [0.15, 0.2) is 0 Å². The van der Waals surface area contributed by atoms with Crippen LogP contribution in [0.15, 0.2) is 162 Å². The largest absolute Gasteiger partial charge is 0.455 e. The summed E-state index contributed by atoms with van der Waals surface area (Å²) in [5, 5.41) is -4.93. The van der Waals surface area contributed by atoms with Crippen LogP contribution in [0.5, 0.6) is 0 Å². The van der Waals surface area contributed by atoms with Crippen LogP contribution >= 0.6 is 0 Å². The van der Waals surface area contributed by atoms with E-state index in [1.54, 1.807) is 0 Å². The van der Waals surface area contributed by atoms with Gasteiger partial charge in [-0.2, -0.15) is 0 Å². The summed E-state index contributed by atoms with van der Waals surface area (Å²) in [4.78, 5) is 0. The minimum atomic E-state index is -1.03. The van der Waals surface area contributed by atoms with E-state index in [0.29, 0.717) is 0 Å². The predicted octanol–water partition coefficient (Wildman–Crippen LogP) is 12.0. The van der Waals surface area contributed by atoms with Crippen LogP contribution in [0, 0.1) is 0 Å². The Morgan fingerprint density at radius 2 is 0.884 bits per heavy atom. The minimum absolute atomic E-state index is 0.360. The fraction of sp³-hybridized carbons (Fsp3) is 0. The first-order valence-corrected chi connectivity index (χ1v) is 12.7. The maximum atomic E-state index is 9.68. The fourth-order valence-electron chi connectivity index (χ4n) is 5.13. The summed E-state index contributed by atoms with van der Waals surface area (Å²) in [6, 6.07) is -23.2. The molecule has 0 aliphatic heterocycles. The number of hydrogen-bond acceptors (Lipinski definition) is 1. The lowest BCUT2D eigenvalue weighted by Crippen LogP contribution is -1.90. The van der Waals surface area contributed by atoms with E-state index in [1.165, 1.54) is 0 Å². The van der Waals surface area contributed by atoms with Crippen molar-refractivity contribution in [1.29, 1.82) is 0 Å². The Hall–Kier alpha value is -5.66. The first kappa shape index (κ1) is 9.69. The summed E-state index contributed by atoms with van der Waals surface area (Å²) in [5.41, 5.74) is -5.25. The van der Waals surface area contributed by atoms with E-state index in [-0.39, 0.29) is 5.39 Å². The maximum Gasteiger partial charge on any atom is 0.143 e. The van der Waals surface area contributed by atoms with Crippen molar-refractivity contribution in [1.82, 2.24) is 0 Å². The summed E-state index contributed by atoms with van der Waals surface area (Å²) < 4.78 is 237. The molecule has 0 unspecified atom stereocenters. The Morgan fingerprint density at radius 1 is 0.372 bits per heavy atom. The molecule has 0 atom stereocenters. The van der Waals surface area contributed by atoms with Gasteiger partial charge >= 0.3 is 0 Å². The number of furan rings is 1. The summed E-state index contributed by atoms with van der Waals surface area (Å²) in [5.74, 6) is 0. The highest BCUT2D eigenvalue weighted by atomic mass is 16.3. The van der Waals surface area contributed by atoms with Crippen molar-refractivity contribution in [2.75, 3.05) is 0 Å². The van der Waals surface area contributed by atoms with Gasteiger partial charge in [0.25, 0.3) is 0 Å². The standard InChI is InChI=1S/C42H26O/c1-2-11-27(12-3-1)40-34-14-4-6-16-36(34)41(37-17-7-5-15-35(37)40)31-24-22-28-25-30(23-21-29(28)26-31)32-18-10-19-38-33-13-8-9-20-39(33)43-42(32)38/h1-26H/i1D,2D,3D,4D,5D,6D,7D,8D,9D,10D,11D,12D,13D,14D,15D,16D,17D,18D,19D,20D,21D,22D,23D,24D,25D,26D. The molecule has 0 saturated carbocycles. The van der Waals surface area contributed by atoms with Crippen LogP contribution in [-0.2, 0) is 0 Å². The normalized spacial score (nSPS) is 20.2. The van der Waals surface area contributed by atoms with Crippen molar-refractivity contribution < 1.29 is 40.1 Å². The molecule has 0 aliphatic rings. The van der Waals surface area contributed by atoms with Gasteiger partial charge in [-0.3, -0.25) is 0 Å². The molecule has 9 rings (SSSR count). The molecule has 1 nitrogen and oxygen atoms in total. The third kappa shape index (κ3) is 3.72. The molecule has 0 N–H and O–H groups in total. The molecule has 0 aliphatic carbocycles. The second-order valence-corrected chi connectivity index (χ2v) is 9.26. The molecule has 0 saturated heterocycles. The van der Waals surface area contributed by atoms with Gasteiger partial charge in [-0.1, -0.05) is 139 Å². The molecule has 0 radical (unpaired) electrons. The average molecular weight is 573 g/mol. The summed E-state index contributed by atoms with van der Waals surface area (Å²) >= 11 is 0. The van der Waals surface area contributed by atoms with Crippen molar-refractivity contribution >= 4 is 54.3 Å². The number of rotatable bonds is 3. The molecule has 1 heteroatoms. The number of hydrogen-bond donors (Lipinski definition) is 0. The van der Waals surface area contributed by atoms with Crippen LogP contribution < -0.4 is 0 Å². The van der Waals surface area contributed by atoms with Crippen LogP contribution in [0.4, 0.5) is 0 Å². The summed E-state index contributed by atoms with van der Waals surface area (Å²) in [6.45, 7) is 0. The first-order chi connectivity index (χ1) is 32.2. The van der Waals surface area contributed by atoms with E-state index >= 15 is 0 Å². The molecule has 0 spiro atoms. The molecule has 0 amide bonds. The third-order valence-electron chi connectivity index (χ3n) is 6.94. The molecular weight excluding hydrogens is 520 g/mol. The van der Waals surface area contributed by atoms with Crippen LogP contribution in [0.1, 0.15) is 35.6 Å². The highest BCUT2D eigenvalue weighted by Crippen LogP contribution is 2.44. The Kier molecular flexibility index (Phi) is 2.13. The average Bonchev–Trinajstić information content (AvgIpc) is 3.72. The Morgan fingerprint density at radius 3 is 1.56 bits per heavy atom. The minimum Gasteiger partial charge on any atom is -0.455 e. The van der Waals surface area contributed by atoms with Gasteiger partial charge in [-0.25, -0.2) is 0 Å². The van der Waals surface area contributed by atoms with Gasteiger partial charge < -0.3 is 4.42 Å². The Labute approximate surface area is 285 Å². The van der Waals surface area contributed by atoms with Crippen molar-refractivity contribution in [2.24, 2.45) is 0 Å². The predicted molar refractivity (Wildman–Crippen MR) is 183 cm³/mol. The van der Waals surface area contributed by atoms with E-state index in [2.05, 4.69) is 0 Å².